The van der Waals surface area contributed by atoms with Crippen LogP contribution in [0.15, 0.2) is 10.8 Å². The Hall–Kier alpha value is -1.07. The van der Waals surface area contributed by atoms with Crippen LogP contribution in [0.4, 0.5) is 0 Å². The molecule has 2 aliphatic heterocycles. The highest BCUT2D eigenvalue weighted by Gasteiger charge is 2.50. The second-order valence-electron chi connectivity index (χ2n) is 3.97. The van der Waals surface area contributed by atoms with Gasteiger partial charge < -0.3 is 15.5 Å². The minimum atomic E-state index is -0.500. The molecule has 0 spiro atoms. The molecule has 3 N–H and O–H groups in total. The van der Waals surface area contributed by atoms with Crippen molar-refractivity contribution in [2.75, 3.05) is 6.54 Å². The fourth-order valence-corrected chi connectivity index (χ4v) is 2.55. The van der Waals surface area contributed by atoms with Gasteiger partial charge in [-0.25, -0.2) is 4.98 Å². The molecule has 0 radical (unpaired) electrons. The van der Waals surface area contributed by atoms with E-state index in [1.165, 1.54) is 12.8 Å². The van der Waals surface area contributed by atoms with Gasteiger partial charge in [0.25, 0.3) is 5.91 Å². The van der Waals surface area contributed by atoms with Gasteiger partial charge in [-0.2, -0.15) is 0 Å². The molecule has 1 saturated carbocycles. The second kappa shape index (κ2) is 3.50. The van der Waals surface area contributed by atoms with Crippen LogP contribution >= 0.6 is 12.4 Å². The maximum atomic E-state index is 11.0. The van der Waals surface area contributed by atoms with Crippen LogP contribution in [-0.2, 0) is 0 Å². The van der Waals surface area contributed by atoms with Gasteiger partial charge in [-0.15, -0.1) is 12.4 Å². The van der Waals surface area contributed by atoms with Gasteiger partial charge in [0.15, 0.2) is 12.1 Å². The molecule has 3 aliphatic rings. The number of halogens is 1. The van der Waals surface area contributed by atoms with Crippen LogP contribution in [0.3, 0.4) is 0 Å². The standard InChI is InChI=1S/C9H11N3O2.ClH/c10-9(13)7-8(14-3-12-7)6-4-1-5(6)11-2-4;/h3-6,11H,1-2H2,(H2,10,13);1H. The number of nitrogens with one attached hydrogen (secondary N) is 1. The Balaban J connectivity index is 0.000000853. The molecule has 4 rings (SSSR count). The molecule has 82 valence electrons. The monoisotopic (exact) mass is 229 g/mol. The number of nitrogens with zero attached hydrogens (tertiary/aromatic N) is 1. The van der Waals surface area contributed by atoms with E-state index in [4.69, 9.17) is 10.2 Å². The number of hydrogen-bond donors (Lipinski definition) is 2. The van der Waals surface area contributed by atoms with E-state index in [0.29, 0.717) is 29.3 Å². The molecule has 2 saturated heterocycles. The minimum Gasteiger partial charge on any atom is -0.447 e. The maximum absolute atomic E-state index is 11.0. The van der Waals surface area contributed by atoms with E-state index in [1.54, 1.807) is 0 Å². The summed E-state index contributed by atoms with van der Waals surface area (Å²) >= 11 is 0. The zero-order chi connectivity index (χ0) is 9.71. The van der Waals surface area contributed by atoms with Crippen molar-refractivity contribution in [2.24, 2.45) is 11.7 Å². The van der Waals surface area contributed by atoms with Gasteiger partial charge in [0.2, 0.25) is 0 Å². The van der Waals surface area contributed by atoms with Crippen molar-refractivity contribution in [1.82, 2.24) is 10.3 Å². The Morgan fingerprint density at radius 2 is 2.47 bits per heavy atom. The first kappa shape index (κ1) is 10.4. The quantitative estimate of drug-likeness (QED) is 0.763. The number of carbonyl (C=O) groups is 1. The first-order valence-corrected chi connectivity index (χ1v) is 4.74. The fourth-order valence-electron chi connectivity index (χ4n) is 2.55. The third-order valence-electron chi connectivity index (χ3n) is 3.27. The molecule has 1 aliphatic carbocycles. The summed E-state index contributed by atoms with van der Waals surface area (Å²) in [5, 5.41) is 3.36. The van der Waals surface area contributed by atoms with E-state index >= 15 is 0 Å². The number of hydrogen-bond acceptors (Lipinski definition) is 4. The van der Waals surface area contributed by atoms with E-state index in [0.717, 1.165) is 6.54 Å². The van der Waals surface area contributed by atoms with Gasteiger partial charge in [-0.3, -0.25) is 4.79 Å². The molecule has 1 amide bonds. The predicted octanol–water partition coefficient (Wildman–Crippen LogP) is 0.271. The smallest absolute Gasteiger partial charge is 0.270 e. The van der Waals surface area contributed by atoms with Crippen LogP contribution in [0.2, 0.25) is 0 Å². The zero-order valence-corrected chi connectivity index (χ0v) is 8.79. The summed E-state index contributed by atoms with van der Waals surface area (Å²) in [5.41, 5.74) is 5.50. The number of carbonyl (C=O) groups excluding carboxylic acids is 1. The van der Waals surface area contributed by atoms with Crippen molar-refractivity contribution in [1.29, 1.82) is 0 Å². The minimum absolute atomic E-state index is 0. The van der Waals surface area contributed by atoms with Gasteiger partial charge in [0.05, 0.1) is 0 Å². The van der Waals surface area contributed by atoms with Crippen LogP contribution < -0.4 is 11.1 Å². The van der Waals surface area contributed by atoms with E-state index in [2.05, 4.69) is 10.3 Å². The molecule has 1 aromatic heterocycles. The van der Waals surface area contributed by atoms with Crippen molar-refractivity contribution >= 4 is 18.3 Å². The Labute approximate surface area is 92.8 Å². The Kier molecular flexibility index (Phi) is 2.44. The number of oxazole rings is 1. The van der Waals surface area contributed by atoms with Crippen LogP contribution in [0.1, 0.15) is 28.6 Å². The van der Waals surface area contributed by atoms with E-state index < -0.39 is 5.91 Å². The largest absolute Gasteiger partial charge is 0.447 e. The number of nitrogens with two attached hydrogens (primary N) is 1. The summed E-state index contributed by atoms with van der Waals surface area (Å²) in [4.78, 5) is 14.9. The SMILES string of the molecule is Cl.NC(=O)c1ncoc1C1C2CNC1C2. The lowest BCUT2D eigenvalue weighted by molar-refractivity contribution is 0.0991. The lowest BCUT2D eigenvalue weighted by Crippen LogP contribution is -2.35. The summed E-state index contributed by atoms with van der Waals surface area (Å²) < 4.78 is 5.26. The van der Waals surface area contributed by atoms with Gasteiger partial charge in [-0.1, -0.05) is 0 Å². The van der Waals surface area contributed by atoms with Crippen molar-refractivity contribution in [2.45, 2.75) is 18.4 Å². The lowest BCUT2D eigenvalue weighted by atomic mass is 9.72. The third kappa shape index (κ3) is 1.34. The average molecular weight is 230 g/mol. The van der Waals surface area contributed by atoms with E-state index in [9.17, 15) is 4.79 Å². The molecule has 15 heavy (non-hydrogen) atoms. The Bertz CT molecular complexity index is 378. The number of primary amides is 1. The van der Waals surface area contributed by atoms with E-state index in [1.807, 2.05) is 0 Å². The van der Waals surface area contributed by atoms with Crippen molar-refractivity contribution < 1.29 is 9.21 Å². The maximum Gasteiger partial charge on any atom is 0.270 e. The summed E-state index contributed by atoms with van der Waals surface area (Å²) in [5.74, 6) is 1.06. The second-order valence-corrected chi connectivity index (χ2v) is 3.97. The van der Waals surface area contributed by atoms with Crippen LogP contribution in [-0.4, -0.2) is 23.5 Å². The van der Waals surface area contributed by atoms with Crippen molar-refractivity contribution in [3.05, 3.63) is 17.8 Å². The molecule has 2 bridgehead atoms. The lowest BCUT2D eigenvalue weighted by Gasteiger charge is -2.32. The van der Waals surface area contributed by atoms with Gasteiger partial charge in [0.1, 0.15) is 5.76 Å². The molecule has 6 heteroatoms. The molecule has 3 unspecified atom stereocenters. The van der Waals surface area contributed by atoms with Gasteiger partial charge in [-0.05, 0) is 18.9 Å². The molecule has 3 fully saturated rings. The topological polar surface area (TPSA) is 81.2 Å². The molecule has 0 aromatic carbocycles. The summed E-state index contributed by atoms with van der Waals surface area (Å²) in [7, 11) is 0. The van der Waals surface area contributed by atoms with Crippen LogP contribution in [0.5, 0.6) is 0 Å². The third-order valence-corrected chi connectivity index (χ3v) is 3.27. The molecule has 3 heterocycles. The molecular weight excluding hydrogens is 218 g/mol. The zero-order valence-electron chi connectivity index (χ0n) is 7.97. The normalized spacial score (nSPS) is 31.9. The number of aromatic nitrogens is 1. The summed E-state index contributed by atoms with van der Waals surface area (Å²) in [6.07, 6.45) is 2.47. The molecular formula is C9H12ClN3O2. The molecule has 1 aromatic rings. The first-order chi connectivity index (χ1) is 6.77. The van der Waals surface area contributed by atoms with Gasteiger partial charge in [0, 0.05) is 12.0 Å². The molecule has 5 nitrogen and oxygen atoms in total. The highest BCUT2D eigenvalue weighted by atomic mass is 35.5. The Morgan fingerprint density at radius 3 is 3.00 bits per heavy atom. The Morgan fingerprint density at radius 1 is 1.67 bits per heavy atom. The predicted molar refractivity (Wildman–Crippen MR) is 54.9 cm³/mol. The van der Waals surface area contributed by atoms with Crippen molar-refractivity contribution in [3.8, 4) is 0 Å². The van der Waals surface area contributed by atoms with E-state index in [-0.39, 0.29) is 12.4 Å². The average Bonchev–Trinajstić information content (AvgIpc) is 2.76. The van der Waals surface area contributed by atoms with Crippen molar-refractivity contribution in [3.63, 3.8) is 0 Å². The first-order valence-electron chi connectivity index (χ1n) is 4.74. The molecule has 3 atom stereocenters. The summed E-state index contributed by atoms with van der Waals surface area (Å²) in [6.45, 7) is 1.01. The number of fused-ring (bicyclic) bond motifs is 1. The number of rotatable bonds is 2. The highest BCUT2D eigenvalue weighted by molar-refractivity contribution is 5.91. The summed E-state index contributed by atoms with van der Waals surface area (Å²) in [6, 6.07) is 0.450. The fraction of sp³-hybridized carbons (Fsp3) is 0.556. The number of amides is 1. The van der Waals surface area contributed by atoms with Gasteiger partial charge >= 0.3 is 0 Å². The van der Waals surface area contributed by atoms with Crippen LogP contribution in [0, 0.1) is 5.92 Å². The van der Waals surface area contributed by atoms with Crippen LogP contribution in [0.25, 0.3) is 0 Å². The highest BCUT2D eigenvalue weighted by Crippen LogP contribution is 2.47.